The van der Waals surface area contributed by atoms with Crippen LogP contribution >= 0.6 is 0 Å². The van der Waals surface area contributed by atoms with Crippen LogP contribution in [0.1, 0.15) is 85.0 Å². The molecule has 4 aliphatic carbocycles. The number of hydrogen-bond acceptors (Lipinski definition) is 3. The van der Waals surface area contributed by atoms with E-state index >= 15 is 0 Å². The minimum atomic E-state index is -0.210. The van der Waals surface area contributed by atoms with Crippen molar-refractivity contribution in [2.24, 2.45) is 52.1 Å². The van der Waals surface area contributed by atoms with Crippen LogP contribution in [0.4, 0.5) is 0 Å². The first-order chi connectivity index (χ1) is 13.2. The topological polar surface area (TPSA) is 83.6 Å². The molecule has 4 heteroatoms. The van der Waals surface area contributed by atoms with E-state index < -0.39 is 0 Å². The summed E-state index contributed by atoms with van der Waals surface area (Å²) in [5.41, 5.74) is 5.99. The number of rotatable bonds is 4. The summed E-state index contributed by atoms with van der Waals surface area (Å²) in [6, 6.07) is 0. The molecule has 0 radical (unpaired) electrons. The van der Waals surface area contributed by atoms with E-state index in [2.05, 4.69) is 20.8 Å². The van der Waals surface area contributed by atoms with E-state index in [1.54, 1.807) is 0 Å². The zero-order valence-electron chi connectivity index (χ0n) is 18.1. The zero-order chi connectivity index (χ0) is 20.3. The lowest BCUT2D eigenvalue weighted by Gasteiger charge is -2.62. The molecule has 1 unspecified atom stereocenters. The van der Waals surface area contributed by atoms with Crippen LogP contribution in [0.15, 0.2) is 0 Å². The van der Waals surface area contributed by atoms with Crippen molar-refractivity contribution in [3.8, 4) is 0 Å². The molecule has 160 valence electrons. The van der Waals surface area contributed by atoms with E-state index in [1.165, 1.54) is 25.7 Å². The minimum Gasteiger partial charge on any atom is -0.393 e. The fourth-order valence-electron chi connectivity index (χ4n) is 8.75. The van der Waals surface area contributed by atoms with Crippen LogP contribution in [0, 0.1) is 46.3 Å². The first-order valence-electron chi connectivity index (χ1n) is 11.8. The number of carbonyl (C=O) groups excluding carboxylic acids is 1. The second-order valence-electron chi connectivity index (χ2n) is 11.4. The van der Waals surface area contributed by atoms with Crippen LogP contribution in [0.2, 0.25) is 0 Å². The van der Waals surface area contributed by atoms with Gasteiger partial charge in [0.2, 0.25) is 5.91 Å². The summed E-state index contributed by atoms with van der Waals surface area (Å²) in [6.07, 6.45) is 9.75. The summed E-state index contributed by atoms with van der Waals surface area (Å²) >= 11 is 0. The molecule has 0 aromatic heterocycles. The number of amides is 1. The fourth-order valence-corrected chi connectivity index (χ4v) is 8.75. The Morgan fingerprint density at radius 2 is 1.71 bits per heavy atom. The maximum Gasteiger partial charge on any atom is 0.217 e. The third-order valence-electron chi connectivity index (χ3n) is 10.3. The Kier molecular flexibility index (Phi) is 5.36. The molecule has 0 heterocycles. The quantitative estimate of drug-likeness (QED) is 0.680. The summed E-state index contributed by atoms with van der Waals surface area (Å²) in [5.74, 6) is 3.08. The molecule has 10 atom stereocenters. The number of carbonyl (C=O) groups is 1. The van der Waals surface area contributed by atoms with Crippen molar-refractivity contribution in [1.29, 1.82) is 0 Å². The van der Waals surface area contributed by atoms with Gasteiger partial charge in [0.1, 0.15) is 0 Å². The molecule has 28 heavy (non-hydrogen) atoms. The lowest BCUT2D eigenvalue weighted by Crippen LogP contribution is -2.58. The molecule has 4 aliphatic rings. The van der Waals surface area contributed by atoms with Gasteiger partial charge in [0.25, 0.3) is 0 Å². The highest BCUT2D eigenvalue weighted by Gasteiger charge is 2.62. The molecule has 1 amide bonds. The average Bonchev–Trinajstić information content (AvgIpc) is 2.98. The first kappa shape index (κ1) is 20.7. The van der Waals surface area contributed by atoms with Crippen LogP contribution in [-0.4, -0.2) is 28.3 Å². The monoisotopic (exact) mass is 391 g/mol. The van der Waals surface area contributed by atoms with Gasteiger partial charge < -0.3 is 15.9 Å². The molecule has 0 bridgehead atoms. The minimum absolute atomic E-state index is 0.169. The molecule has 4 fully saturated rings. The summed E-state index contributed by atoms with van der Waals surface area (Å²) in [4.78, 5) is 11.3. The second-order valence-corrected chi connectivity index (χ2v) is 11.4. The Balaban J connectivity index is 1.55. The van der Waals surface area contributed by atoms with Crippen molar-refractivity contribution in [3.63, 3.8) is 0 Å². The molecule has 0 spiro atoms. The Labute approximate surface area is 170 Å². The molecule has 0 saturated heterocycles. The fraction of sp³-hybridized carbons (Fsp3) is 0.958. The highest BCUT2D eigenvalue weighted by atomic mass is 16.3. The summed E-state index contributed by atoms with van der Waals surface area (Å²) in [5, 5.41) is 21.5. The predicted octanol–water partition coefficient (Wildman–Crippen LogP) is 3.88. The summed E-state index contributed by atoms with van der Waals surface area (Å²) in [6.45, 7) is 7.26. The summed E-state index contributed by atoms with van der Waals surface area (Å²) in [7, 11) is 0. The molecule has 4 nitrogen and oxygen atoms in total. The van der Waals surface area contributed by atoms with Gasteiger partial charge in [-0.3, -0.25) is 4.79 Å². The van der Waals surface area contributed by atoms with E-state index in [1.807, 2.05) is 0 Å². The van der Waals surface area contributed by atoms with Crippen molar-refractivity contribution in [1.82, 2.24) is 0 Å². The number of primary amides is 1. The van der Waals surface area contributed by atoms with Crippen LogP contribution in [0.5, 0.6) is 0 Å². The SMILES string of the molecule is C[C@H](CCC(N)=O)[C@H]1CC[C@H]2[C@@H]3[C@@H](O)CC4C[C@@H](O)CC[C@]4(C)[C@H]3CC[C@]12C. The van der Waals surface area contributed by atoms with E-state index in [9.17, 15) is 15.0 Å². The lowest BCUT2D eigenvalue weighted by atomic mass is 9.43. The Morgan fingerprint density at radius 1 is 1.04 bits per heavy atom. The van der Waals surface area contributed by atoms with Gasteiger partial charge in [-0.2, -0.15) is 0 Å². The smallest absolute Gasteiger partial charge is 0.217 e. The van der Waals surface area contributed by atoms with E-state index in [-0.39, 0.29) is 23.5 Å². The van der Waals surface area contributed by atoms with Crippen LogP contribution in [0.3, 0.4) is 0 Å². The van der Waals surface area contributed by atoms with Crippen molar-refractivity contribution in [2.45, 2.75) is 97.2 Å². The van der Waals surface area contributed by atoms with Gasteiger partial charge >= 0.3 is 0 Å². The number of fused-ring (bicyclic) bond motifs is 5. The van der Waals surface area contributed by atoms with Crippen LogP contribution in [-0.2, 0) is 4.79 Å². The Morgan fingerprint density at radius 3 is 2.43 bits per heavy atom. The highest BCUT2D eigenvalue weighted by molar-refractivity contribution is 5.73. The lowest BCUT2D eigenvalue weighted by molar-refractivity contribution is -0.174. The van der Waals surface area contributed by atoms with E-state index in [4.69, 9.17) is 5.73 Å². The van der Waals surface area contributed by atoms with Gasteiger partial charge in [-0.25, -0.2) is 0 Å². The Hall–Kier alpha value is -0.610. The number of nitrogens with two attached hydrogens (primary N) is 1. The molecular formula is C24H41NO3. The molecule has 0 aromatic carbocycles. The number of hydrogen-bond donors (Lipinski definition) is 3. The summed E-state index contributed by atoms with van der Waals surface area (Å²) < 4.78 is 0. The largest absolute Gasteiger partial charge is 0.393 e. The van der Waals surface area contributed by atoms with Gasteiger partial charge in [0, 0.05) is 6.42 Å². The molecule has 4 saturated carbocycles. The third-order valence-corrected chi connectivity index (χ3v) is 10.3. The average molecular weight is 392 g/mol. The second kappa shape index (κ2) is 7.27. The molecule has 4 N–H and O–H groups in total. The number of aliphatic hydroxyl groups is 2. The normalized spacial score (nSPS) is 51.7. The third kappa shape index (κ3) is 3.14. The van der Waals surface area contributed by atoms with Crippen LogP contribution < -0.4 is 5.73 Å². The molecular weight excluding hydrogens is 350 g/mol. The molecule has 0 aliphatic heterocycles. The van der Waals surface area contributed by atoms with Gasteiger partial charge in [-0.1, -0.05) is 20.8 Å². The first-order valence-corrected chi connectivity index (χ1v) is 11.8. The number of aliphatic hydroxyl groups excluding tert-OH is 2. The van der Waals surface area contributed by atoms with Crippen molar-refractivity contribution in [2.75, 3.05) is 0 Å². The molecule has 0 aromatic rings. The maximum atomic E-state index is 11.3. The van der Waals surface area contributed by atoms with Gasteiger partial charge in [-0.15, -0.1) is 0 Å². The van der Waals surface area contributed by atoms with Gasteiger partial charge in [0.05, 0.1) is 12.2 Å². The van der Waals surface area contributed by atoms with Gasteiger partial charge in [0.15, 0.2) is 0 Å². The highest BCUT2D eigenvalue weighted by Crippen LogP contribution is 2.68. The van der Waals surface area contributed by atoms with Crippen LogP contribution in [0.25, 0.3) is 0 Å². The van der Waals surface area contributed by atoms with E-state index in [0.29, 0.717) is 47.3 Å². The van der Waals surface area contributed by atoms with Crippen molar-refractivity contribution < 1.29 is 15.0 Å². The Bertz CT molecular complexity index is 609. The predicted molar refractivity (Wildman–Crippen MR) is 110 cm³/mol. The van der Waals surface area contributed by atoms with Crippen molar-refractivity contribution >= 4 is 5.91 Å². The zero-order valence-corrected chi connectivity index (χ0v) is 18.1. The van der Waals surface area contributed by atoms with Gasteiger partial charge in [-0.05, 0) is 104 Å². The maximum absolute atomic E-state index is 11.3. The standard InChI is InChI=1S/C24H41NO3/c1-14(4-7-21(25)28)17-5-6-18-22-19(9-11-24(17,18)3)23(2)10-8-16(26)12-15(23)13-20(22)27/h14-20,22,26-27H,4-13H2,1-3H3,(H2,25,28)/t14-,15?,16+,17-,18+,19+,20+,22+,23+,24-/m1/s1. The van der Waals surface area contributed by atoms with E-state index in [0.717, 1.165) is 32.1 Å². The van der Waals surface area contributed by atoms with Crippen molar-refractivity contribution in [3.05, 3.63) is 0 Å². The molecule has 4 rings (SSSR count).